The molecule has 6 heteroatoms. The third-order valence-corrected chi connectivity index (χ3v) is 3.74. The molecule has 0 unspecified atom stereocenters. The summed E-state index contributed by atoms with van der Waals surface area (Å²) in [6, 6.07) is 2.89. The molecule has 0 heterocycles. The number of ether oxygens (including phenoxy) is 1. The summed E-state index contributed by atoms with van der Waals surface area (Å²) in [7, 11) is 0. The van der Waals surface area contributed by atoms with Gasteiger partial charge < -0.3 is 9.84 Å². The van der Waals surface area contributed by atoms with Gasteiger partial charge in [0.1, 0.15) is 5.75 Å². The van der Waals surface area contributed by atoms with Crippen LogP contribution in [-0.4, -0.2) is 17.7 Å². The van der Waals surface area contributed by atoms with Crippen molar-refractivity contribution < 1.29 is 27.8 Å². The van der Waals surface area contributed by atoms with Crippen LogP contribution in [0.2, 0.25) is 0 Å². The zero-order valence-electron chi connectivity index (χ0n) is 11.4. The van der Waals surface area contributed by atoms with Crippen molar-refractivity contribution in [2.75, 3.05) is 6.61 Å². The van der Waals surface area contributed by atoms with Crippen LogP contribution in [0.5, 0.6) is 5.75 Å². The van der Waals surface area contributed by atoms with Gasteiger partial charge in [0.15, 0.2) is 0 Å². The summed E-state index contributed by atoms with van der Waals surface area (Å²) in [6.45, 7) is 0.421. The van der Waals surface area contributed by atoms with Crippen molar-refractivity contribution in [2.24, 2.45) is 5.92 Å². The SMILES string of the molecule is O=C(O)c1cc(OCC2CCCCC2)ccc1C(F)(F)F. The Kier molecular flexibility index (Phi) is 4.75. The lowest BCUT2D eigenvalue weighted by Gasteiger charge is -2.22. The van der Waals surface area contributed by atoms with Gasteiger partial charge in [-0.05, 0) is 37.0 Å². The number of hydrogen-bond acceptors (Lipinski definition) is 2. The highest BCUT2D eigenvalue weighted by Gasteiger charge is 2.35. The molecule has 0 atom stereocenters. The molecule has 3 nitrogen and oxygen atoms in total. The van der Waals surface area contributed by atoms with Crippen LogP contribution in [0.15, 0.2) is 18.2 Å². The second-order valence-corrected chi connectivity index (χ2v) is 5.33. The van der Waals surface area contributed by atoms with Gasteiger partial charge in [-0.1, -0.05) is 19.3 Å². The molecule has 1 aromatic carbocycles. The molecular formula is C15H17F3O3. The van der Waals surface area contributed by atoms with E-state index in [4.69, 9.17) is 9.84 Å². The summed E-state index contributed by atoms with van der Waals surface area (Å²) < 4.78 is 43.6. The Morgan fingerprint density at radius 2 is 1.90 bits per heavy atom. The van der Waals surface area contributed by atoms with Gasteiger partial charge in [-0.2, -0.15) is 13.2 Å². The van der Waals surface area contributed by atoms with Crippen LogP contribution in [0, 0.1) is 5.92 Å². The molecule has 0 aliphatic heterocycles. The van der Waals surface area contributed by atoms with E-state index in [2.05, 4.69) is 0 Å². The molecule has 21 heavy (non-hydrogen) atoms. The van der Waals surface area contributed by atoms with Crippen molar-refractivity contribution >= 4 is 5.97 Å². The van der Waals surface area contributed by atoms with Gasteiger partial charge in [-0.25, -0.2) is 4.79 Å². The Morgan fingerprint density at radius 3 is 2.48 bits per heavy atom. The lowest BCUT2D eigenvalue weighted by molar-refractivity contribution is -0.138. The highest BCUT2D eigenvalue weighted by molar-refractivity contribution is 5.90. The molecule has 0 saturated heterocycles. The van der Waals surface area contributed by atoms with Crippen LogP contribution >= 0.6 is 0 Å². The maximum Gasteiger partial charge on any atom is 0.417 e. The van der Waals surface area contributed by atoms with E-state index in [0.29, 0.717) is 12.5 Å². The highest BCUT2D eigenvalue weighted by Crippen LogP contribution is 2.34. The maximum atomic E-state index is 12.7. The van der Waals surface area contributed by atoms with Gasteiger partial charge in [-0.3, -0.25) is 0 Å². The fourth-order valence-electron chi connectivity index (χ4n) is 2.61. The average Bonchev–Trinajstić information content (AvgIpc) is 2.45. The van der Waals surface area contributed by atoms with Gasteiger partial charge in [0, 0.05) is 0 Å². The third kappa shape index (κ3) is 4.12. The first kappa shape index (κ1) is 15.7. The molecule has 1 aliphatic rings. The molecule has 0 aromatic heterocycles. The summed E-state index contributed by atoms with van der Waals surface area (Å²) in [6.07, 6.45) is 0.900. The zero-order valence-corrected chi connectivity index (χ0v) is 11.4. The summed E-state index contributed by atoms with van der Waals surface area (Å²) in [5.41, 5.74) is -1.93. The van der Waals surface area contributed by atoms with Crippen LogP contribution < -0.4 is 4.74 Å². The molecule has 116 valence electrons. The molecule has 0 bridgehead atoms. The van der Waals surface area contributed by atoms with Gasteiger partial charge in [0.25, 0.3) is 0 Å². The average molecular weight is 302 g/mol. The standard InChI is InChI=1S/C15H17F3O3/c16-15(17,18)13-7-6-11(8-12(13)14(19)20)21-9-10-4-2-1-3-5-10/h6-8,10H,1-5,9H2,(H,19,20). The topological polar surface area (TPSA) is 46.5 Å². The summed E-state index contributed by atoms with van der Waals surface area (Å²) >= 11 is 0. The van der Waals surface area contributed by atoms with Gasteiger partial charge in [-0.15, -0.1) is 0 Å². The molecule has 1 saturated carbocycles. The number of hydrogen-bond donors (Lipinski definition) is 1. The molecule has 1 aliphatic carbocycles. The smallest absolute Gasteiger partial charge is 0.417 e. The lowest BCUT2D eigenvalue weighted by Crippen LogP contribution is -2.16. The highest BCUT2D eigenvalue weighted by atomic mass is 19.4. The first-order valence-electron chi connectivity index (χ1n) is 6.95. The molecule has 0 spiro atoms. The van der Waals surface area contributed by atoms with E-state index in [9.17, 15) is 18.0 Å². The second-order valence-electron chi connectivity index (χ2n) is 5.33. The minimum Gasteiger partial charge on any atom is -0.493 e. The Labute approximate surface area is 120 Å². The van der Waals surface area contributed by atoms with Crippen LogP contribution in [-0.2, 0) is 6.18 Å². The van der Waals surface area contributed by atoms with Crippen molar-refractivity contribution in [3.63, 3.8) is 0 Å². The van der Waals surface area contributed by atoms with Crippen molar-refractivity contribution in [3.05, 3.63) is 29.3 Å². The fourth-order valence-corrected chi connectivity index (χ4v) is 2.61. The summed E-state index contributed by atoms with van der Waals surface area (Å²) in [5, 5.41) is 8.91. The predicted molar refractivity (Wildman–Crippen MR) is 70.5 cm³/mol. The van der Waals surface area contributed by atoms with Crippen molar-refractivity contribution in [1.82, 2.24) is 0 Å². The Hall–Kier alpha value is -1.72. The Morgan fingerprint density at radius 1 is 1.24 bits per heavy atom. The first-order chi connectivity index (χ1) is 9.88. The van der Waals surface area contributed by atoms with Gasteiger partial charge in [0.2, 0.25) is 0 Å². The molecular weight excluding hydrogens is 285 g/mol. The van der Waals surface area contributed by atoms with Crippen LogP contribution in [0.3, 0.4) is 0 Å². The minimum absolute atomic E-state index is 0.172. The van der Waals surface area contributed by atoms with E-state index in [1.807, 2.05) is 0 Å². The monoisotopic (exact) mass is 302 g/mol. The molecule has 0 radical (unpaired) electrons. The van der Waals surface area contributed by atoms with Crippen molar-refractivity contribution in [1.29, 1.82) is 0 Å². The zero-order chi connectivity index (χ0) is 15.5. The van der Waals surface area contributed by atoms with Crippen molar-refractivity contribution in [2.45, 2.75) is 38.3 Å². The molecule has 1 aromatic rings. The van der Waals surface area contributed by atoms with E-state index in [1.165, 1.54) is 12.5 Å². The quantitative estimate of drug-likeness (QED) is 0.898. The van der Waals surface area contributed by atoms with Crippen molar-refractivity contribution in [3.8, 4) is 5.75 Å². The lowest BCUT2D eigenvalue weighted by atomic mass is 9.90. The number of carboxylic acids is 1. The Bertz CT molecular complexity index is 505. The van der Waals surface area contributed by atoms with Crippen LogP contribution in [0.1, 0.15) is 48.0 Å². The fraction of sp³-hybridized carbons (Fsp3) is 0.533. The number of carbonyl (C=O) groups is 1. The van der Waals surface area contributed by atoms with E-state index < -0.39 is 23.3 Å². The number of aromatic carboxylic acids is 1. The van der Waals surface area contributed by atoms with E-state index >= 15 is 0 Å². The molecule has 1 N–H and O–H groups in total. The molecule has 1 fully saturated rings. The third-order valence-electron chi connectivity index (χ3n) is 3.74. The molecule has 2 rings (SSSR count). The van der Waals surface area contributed by atoms with E-state index in [-0.39, 0.29) is 5.75 Å². The summed E-state index contributed by atoms with van der Waals surface area (Å²) in [4.78, 5) is 11.0. The normalized spacial score (nSPS) is 16.7. The second kappa shape index (κ2) is 6.37. The number of halogens is 3. The minimum atomic E-state index is -4.68. The maximum absolute atomic E-state index is 12.7. The number of benzene rings is 1. The van der Waals surface area contributed by atoms with Crippen LogP contribution in [0.4, 0.5) is 13.2 Å². The van der Waals surface area contributed by atoms with E-state index in [0.717, 1.165) is 37.8 Å². The number of rotatable bonds is 4. The molecule has 0 amide bonds. The van der Waals surface area contributed by atoms with E-state index in [1.54, 1.807) is 0 Å². The summed E-state index contributed by atoms with van der Waals surface area (Å²) in [5.74, 6) is -1.04. The van der Waals surface area contributed by atoms with Gasteiger partial charge >= 0.3 is 12.1 Å². The number of alkyl halides is 3. The number of carboxylic acid groups (broad SMARTS) is 1. The first-order valence-corrected chi connectivity index (χ1v) is 6.95. The van der Waals surface area contributed by atoms with Gasteiger partial charge in [0.05, 0.1) is 17.7 Å². The largest absolute Gasteiger partial charge is 0.493 e. The predicted octanol–water partition coefficient (Wildman–Crippen LogP) is 4.36. The van der Waals surface area contributed by atoms with Crippen LogP contribution in [0.25, 0.3) is 0 Å². The Balaban J connectivity index is 2.10.